The molecule has 2 aromatic heterocycles. The van der Waals surface area contributed by atoms with Crippen LogP contribution in [0.25, 0.3) is 22.3 Å². The van der Waals surface area contributed by atoms with Gasteiger partial charge >= 0.3 is 5.69 Å². The van der Waals surface area contributed by atoms with Gasteiger partial charge in [-0.15, -0.1) is 0 Å². The van der Waals surface area contributed by atoms with Gasteiger partial charge in [0, 0.05) is 5.56 Å². The van der Waals surface area contributed by atoms with E-state index < -0.39 is 11.2 Å². The number of benzene rings is 1. The summed E-state index contributed by atoms with van der Waals surface area (Å²) in [5, 5.41) is 10.2. The fourth-order valence-electron chi connectivity index (χ4n) is 2.05. The number of aromatic amines is 2. The molecule has 0 spiro atoms. The van der Waals surface area contributed by atoms with Crippen molar-refractivity contribution in [2.45, 2.75) is 6.92 Å². The van der Waals surface area contributed by atoms with Crippen LogP contribution in [0.3, 0.4) is 0 Å². The van der Waals surface area contributed by atoms with Crippen molar-refractivity contribution in [3.05, 3.63) is 56.7 Å². The summed E-state index contributed by atoms with van der Waals surface area (Å²) in [6.07, 6.45) is 0. The average Bonchev–Trinajstić information content (AvgIpc) is 2.40. The third-order valence-corrected chi connectivity index (χ3v) is 3.03. The monoisotopic (exact) mass is 269 g/mol. The number of nitrogens with one attached hydrogen (secondary N) is 2. The molecule has 0 bridgehead atoms. The second-order valence-electron chi connectivity index (χ2n) is 4.52. The highest BCUT2D eigenvalue weighted by molar-refractivity contribution is 5.78. The van der Waals surface area contributed by atoms with Gasteiger partial charge in [0.2, 0.25) is 0 Å². The minimum atomic E-state index is -0.611. The smallest absolute Gasteiger partial charge is 0.327 e. The highest BCUT2D eigenvalue weighted by Gasteiger charge is 2.09. The molecule has 0 fully saturated rings. The van der Waals surface area contributed by atoms with E-state index in [-0.39, 0.29) is 11.4 Å². The molecule has 0 saturated carbocycles. The zero-order valence-corrected chi connectivity index (χ0v) is 10.6. The third-order valence-electron chi connectivity index (χ3n) is 3.03. The lowest BCUT2D eigenvalue weighted by molar-refractivity contribution is 0.477. The topological polar surface area (TPSA) is 98.8 Å². The van der Waals surface area contributed by atoms with Crippen LogP contribution in [-0.4, -0.2) is 20.1 Å². The first kappa shape index (κ1) is 12.2. The lowest BCUT2D eigenvalue weighted by atomic mass is 10.1. The number of rotatable bonds is 1. The highest BCUT2D eigenvalue weighted by atomic mass is 16.3. The Kier molecular flexibility index (Phi) is 2.64. The van der Waals surface area contributed by atoms with Crippen molar-refractivity contribution in [2.24, 2.45) is 0 Å². The Morgan fingerprint density at radius 1 is 1.10 bits per heavy atom. The molecule has 3 rings (SSSR count). The Labute approximate surface area is 112 Å². The first-order chi connectivity index (χ1) is 9.54. The molecule has 0 aliphatic carbocycles. The second-order valence-corrected chi connectivity index (χ2v) is 4.52. The van der Waals surface area contributed by atoms with Crippen molar-refractivity contribution in [3.63, 3.8) is 0 Å². The molecule has 0 aliphatic rings. The zero-order valence-electron chi connectivity index (χ0n) is 10.6. The third kappa shape index (κ3) is 1.97. The van der Waals surface area contributed by atoms with Gasteiger partial charge in [-0.1, -0.05) is 11.6 Å². The molecule has 100 valence electrons. The number of hydrogen-bond acceptors (Lipinski definition) is 4. The number of hydrogen-bond donors (Lipinski definition) is 3. The van der Waals surface area contributed by atoms with Gasteiger partial charge in [-0.2, -0.15) is 0 Å². The fourth-order valence-corrected chi connectivity index (χ4v) is 2.05. The van der Waals surface area contributed by atoms with E-state index in [1.807, 2.05) is 6.92 Å². The van der Waals surface area contributed by atoms with Gasteiger partial charge < -0.3 is 5.11 Å². The van der Waals surface area contributed by atoms with Gasteiger partial charge in [0.05, 0.1) is 11.1 Å². The lowest BCUT2D eigenvalue weighted by Gasteiger charge is -2.06. The SMILES string of the molecule is Cc1ccc(O)c(-c2ccc3c(=O)[nH]c(=O)[nH]c3n2)c1. The largest absolute Gasteiger partial charge is 0.507 e. The molecule has 3 N–H and O–H groups in total. The van der Waals surface area contributed by atoms with Crippen LogP contribution in [0.5, 0.6) is 5.75 Å². The molecular weight excluding hydrogens is 258 g/mol. The van der Waals surface area contributed by atoms with Crippen LogP contribution in [0.15, 0.2) is 39.9 Å². The Morgan fingerprint density at radius 2 is 1.90 bits per heavy atom. The van der Waals surface area contributed by atoms with Crippen LogP contribution >= 0.6 is 0 Å². The Morgan fingerprint density at radius 3 is 2.70 bits per heavy atom. The predicted octanol–water partition coefficient (Wildman–Crippen LogP) is 1.29. The first-order valence-corrected chi connectivity index (χ1v) is 5.98. The van der Waals surface area contributed by atoms with Gasteiger partial charge in [0.15, 0.2) is 0 Å². The zero-order chi connectivity index (χ0) is 14.3. The molecule has 6 heteroatoms. The molecule has 0 aliphatic heterocycles. The minimum absolute atomic E-state index is 0.0923. The van der Waals surface area contributed by atoms with E-state index in [1.165, 1.54) is 0 Å². The molecule has 3 aromatic rings. The molecule has 0 atom stereocenters. The maximum absolute atomic E-state index is 11.6. The number of pyridine rings is 1. The van der Waals surface area contributed by atoms with Gasteiger partial charge in [0.1, 0.15) is 11.4 Å². The summed E-state index contributed by atoms with van der Waals surface area (Å²) in [6.45, 7) is 1.90. The number of aromatic nitrogens is 3. The van der Waals surface area contributed by atoms with E-state index in [4.69, 9.17) is 0 Å². The molecular formula is C14H11N3O3. The summed E-state index contributed by atoms with van der Waals surface area (Å²) in [5.74, 6) is 0.0923. The summed E-state index contributed by atoms with van der Waals surface area (Å²) >= 11 is 0. The number of phenols is 1. The van der Waals surface area contributed by atoms with Crippen molar-refractivity contribution in [1.29, 1.82) is 0 Å². The number of aromatic hydroxyl groups is 1. The first-order valence-electron chi connectivity index (χ1n) is 5.98. The van der Waals surface area contributed by atoms with E-state index in [2.05, 4.69) is 15.0 Å². The number of H-pyrrole nitrogens is 2. The van der Waals surface area contributed by atoms with E-state index in [0.29, 0.717) is 16.6 Å². The molecule has 2 heterocycles. The van der Waals surface area contributed by atoms with Gasteiger partial charge in [0.25, 0.3) is 5.56 Å². The lowest BCUT2D eigenvalue weighted by Crippen LogP contribution is -2.22. The van der Waals surface area contributed by atoms with Crippen LogP contribution in [0, 0.1) is 6.92 Å². The van der Waals surface area contributed by atoms with Crippen LogP contribution < -0.4 is 11.2 Å². The highest BCUT2D eigenvalue weighted by Crippen LogP contribution is 2.28. The normalized spacial score (nSPS) is 10.8. The number of aryl methyl sites for hydroxylation is 1. The minimum Gasteiger partial charge on any atom is -0.507 e. The Bertz CT molecular complexity index is 925. The maximum Gasteiger partial charge on any atom is 0.327 e. The van der Waals surface area contributed by atoms with Crippen LogP contribution in [0.2, 0.25) is 0 Å². The molecule has 0 unspecified atom stereocenters. The van der Waals surface area contributed by atoms with Crippen molar-refractivity contribution >= 4 is 11.0 Å². The van der Waals surface area contributed by atoms with Crippen LogP contribution in [0.4, 0.5) is 0 Å². The van der Waals surface area contributed by atoms with Crippen molar-refractivity contribution < 1.29 is 5.11 Å². The number of nitrogens with zero attached hydrogens (tertiary/aromatic N) is 1. The summed E-state index contributed by atoms with van der Waals surface area (Å²) in [7, 11) is 0. The number of fused-ring (bicyclic) bond motifs is 1. The van der Waals surface area contributed by atoms with E-state index >= 15 is 0 Å². The Hall–Kier alpha value is -2.89. The number of phenolic OH excluding ortho intramolecular Hbond substituents is 1. The van der Waals surface area contributed by atoms with Crippen molar-refractivity contribution in [1.82, 2.24) is 15.0 Å². The molecule has 0 radical (unpaired) electrons. The summed E-state index contributed by atoms with van der Waals surface area (Å²) in [4.78, 5) is 31.7. The standard InChI is InChI=1S/C14H11N3O3/c1-7-2-5-11(18)9(6-7)10-4-3-8-12(15-10)16-14(20)17-13(8)19/h2-6,18H,1H3,(H2,15,16,17,19,20). The van der Waals surface area contributed by atoms with Crippen LogP contribution in [0.1, 0.15) is 5.56 Å². The maximum atomic E-state index is 11.6. The fraction of sp³-hybridized carbons (Fsp3) is 0.0714. The van der Waals surface area contributed by atoms with E-state index in [0.717, 1.165) is 5.56 Å². The van der Waals surface area contributed by atoms with Crippen molar-refractivity contribution in [3.8, 4) is 17.0 Å². The quantitative estimate of drug-likeness (QED) is 0.620. The molecule has 20 heavy (non-hydrogen) atoms. The van der Waals surface area contributed by atoms with Gasteiger partial charge in [-0.25, -0.2) is 9.78 Å². The molecule has 0 saturated heterocycles. The molecule has 0 amide bonds. The van der Waals surface area contributed by atoms with Crippen LogP contribution in [-0.2, 0) is 0 Å². The molecule has 1 aromatic carbocycles. The summed E-state index contributed by atoms with van der Waals surface area (Å²) in [6, 6.07) is 8.34. The van der Waals surface area contributed by atoms with E-state index in [9.17, 15) is 14.7 Å². The Balaban J connectivity index is 2.30. The van der Waals surface area contributed by atoms with E-state index in [1.54, 1.807) is 30.3 Å². The molecule has 6 nitrogen and oxygen atoms in total. The van der Waals surface area contributed by atoms with Gasteiger partial charge in [-0.05, 0) is 31.2 Å². The summed E-state index contributed by atoms with van der Waals surface area (Å²) in [5.41, 5.74) is 1.10. The average molecular weight is 269 g/mol. The van der Waals surface area contributed by atoms with Crippen molar-refractivity contribution in [2.75, 3.05) is 0 Å². The second kappa shape index (κ2) is 4.34. The predicted molar refractivity (Wildman–Crippen MR) is 74.8 cm³/mol. The summed E-state index contributed by atoms with van der Waals surface area (Å²) < 4.78 is 0. The van der Waals surface area contributed by atoms with Gasteiger partial charge in [-0.3, -0.25) is 14.8 Å².